The molecule has 0 atom stereocenters. The Balaban J connectivity index is 2.05. The van der Waals surface area contributed by atoms with Gasteiger partial charge in [-0.15, -0.1) is 0 Å². The SMILES string of the molecule is Cc1cc(O)ccc1C(=C1CCCCC1)c1ccc(C=CC(=O)O)cc1. The Morgan fingerprint density at radius 1 is 1.00 bits per heavy atom. The normalized spacial score (nSPS) is 14.6. The number of allylic oxidation sites excluding steroid dienone is 1. The summed E-state index contributed by atoms with van der Waals surface area (Å²) in [6.45, 7) is 2.03. The summed E-state index contributed by atoms with van der Waals surface area (Å²) in [7, 11) is 0. The number of benzene rings is 2. The van der Waals surface area contributed by atoms with Crippen molar-refractivity contribution < 1.29 is 15.0 Å². The van der Waals surface area contributed by atoms with Crippen molar-refractivity contribution >= 4 is 17.6 Å². The molecule has 2 aromatic carbocycles. The molecule has 1 fully saturated rings. The number of phenols is 1. The second-order valence-corrected chi connectivity index (χ2v) is 6.83. The van der Waals surface area contributed by atoms with Gasteiger partial charge < -0.3 is 10.2 Å². The topological polar surface area (TPSA) is 57.5 Å². The van der Waals surface area contributed by atoms with Gasteiger partial charge in [-0.1, -0.05) is 42.3 Å². The van der Waals surface area contributed by atoms with Crippen LogP contribution < -0.4 is 0 Å². The highest BCUT2D eigenvalue weighted by atomic mass is 16.4. The molecular formula is C23H24O3. The van der Waals surface area contributed by atoms with Crippen LogP contribution in [0.25, 0.3) is 11.6 Å². The lowest BCUT2D eigenvalue weighted by Gasteiger charge is -2.21. The summed E-state index contributed by atoms with van der Waals surface area (Å²) in [5.74, 6) is -0.660. The van der Waals surface area contributed by atoms with Crippen molar-refractivity contribution in [2.24, 2.45) is 0 Å². The van der Waals surface area contributed by atoms with Crippen molar-refractivity contribution in [2.45, 2.75) is 39.0 Å². The molecule has 2 N–H and O–H groups in total. The zero-order valence-corrected chi connectivity index (χ0v) is 15.0. The Bertz CT molecular complexity index is 850. The number of aryl methyl sites for hydroxylation is 1. The molecule has 0 aromatic heterocycles. The van der Waals surface area contributed by atoms with E-state index in [0.29, 0.717) is 0 Å². The fourth-order valence-corrected chi connectivity index (χ4v) is 3.64. The first-order chi connectivity index (χ1) is 12.5. The molecule has 0 aliphatic heterocycles. The van der Waals surface area contributed by atoms with Crippen LogP contribution in [-0.4, -0.2) is 16.2 Å². The molecule has 1 aliphatic rings. The zero-order chi connectivity index (χ0) is 18.5. The van der Waals surface area contributed by atoms with Gasteiger partial charge >= 0.3 is 5.97 Å². The van der Waals surface area contributed by atoms with E-state index in [-0.39, 0.29) is 5.75 Å². The highest BCUT2D eigenvalue weighted by Gasteiger charge is 2.16. The number of carboxylic acid groups (broad SMARTS) is 1. The van der Waals surface area contributed by atoms with E-state index in [0.717, 1.165) is 41.2 Å². The van der Waals surface area contributed by atoms with Crippen LogP contribution in [0.1, 0.15) is 54.4 Å². The molecular weight excluding hydrogens is 324 g/mol. The van der Waals surface area contributed by atoms with Crippen molar-refractivity contribution in [3.05, 3.63) is 76.4 Å². The number of hydrogen-bond donors (Lipinski definition) is 2. The summed E-state index contributed by atoms with van der Waals surface area (Å²) < 4.78 is 0. The van der Waals surface area contributed by atoms with Crippen LogP contribution in [0.15, 0.2) is 54.1 Å². The second-order valence-electron chi connectivity index (χ2n) is 6.83. The quantitative estimate of drug-likeness (QED) is 0.711. The van der Waals surface area contributed by atoms with Gasteiger partial charge in [-0.05, 0) is 78.6 Å². The molecule has 1 aliphatic carbocycles. The van der Waals surface area contributed by atoms with Gasteiger partial charge in [0, 0.05) is 6.08 Å². The van der Waals surface area contributed by atoms with Crippen LogP contribution in [0.2, 0.25) is 0 Å². The maximum absolute atomic E-state index is 10.7. The molecule has 2 aromatic rings. The van der Waals surface area contributed by atoms with Crippen LogP contribution in [0, 0.1) is 6.92 Å². The third-order valence-electron chi connectivity index (χ3n) is 4.91. The van der Waals surface area contributed by atoms with Crippen LogP contribution in [0.3, 0.4) is 0 Å². The van der Waals surface area contributed by atoms with Gasteiger partial charge in [0.25, 0.3) is 0 Å². The van der Waals surface area contributed by atoms with Crippen LogP contribution in [0.4, 0.5) is 0 Å². The van der Waals surface area contributed by atoms with E-state index >= 15 is 0 Å². The standard InChI is InChI=1S/C23H24O3/c1-16-15-20(24)12-13-21(16)23(18-5-3-2-4-6-18)19-10-7-17(8-11-19)9-14-22(25)26/h7-15,24H,2-6H2,1H3,(H,25,26). The van der Waals surface area contributed by atoms with E-state index in [2.05, 4.69) is 12.1 Å². The largest absolute Gasteiger partial charge is 0.508 e. The highest BCUT2D eigenvalue weighted by molar-refractivity contribution is 5.86. The van der Waals surface area contributed by atoms with Crippen molar-refractivity contribution in [3.8, 4) is 5.75 Å². The average Bonchev–Trinajstić information content (AvgIpc) is 2.64. The minimum atomic E-state index is -0.946. The summed E-state index contributed by atoms with van der Waals surface area (Å²) in [4.78, 5) is 10.7. The molecule has 0 saturated heterocycles. The van der Waals surface area contributed by atoms with Gasteiger partial charge in [0.05, 0.1) is 0 Å². The minimum absolute atomic E-state index is 0.286. The van der Waals surface area contributed by atoms with Gasteiger partial charge in [-0.2, -0.15) is 0 Å². The maximum atomic E-state index is 10.7. The number of phenolic OH excluding ortho intramolecular Hbond substituents is 1. The Morgan fingerprint density at radius 2 is 1.69 bits per heavy atom. The van der Waals surface area contributed by atoms with Crippen molar-refractivity contribution in [3.63, 3.8) is 0 Å². The van der Waals surface area contributed by atoms with E-state index < -0.39 is 5.97 Å². The lowest BCUT2D eigenvalue weighted by Crippen LogP contribution is -2.01. The van der Waals surface area contributed by atoms with Gasteiger partial charge in [0.15, 0.2) is 0 Å². The lowest BCUT2D eigenvalue weighted by molar-refractivity contribution is -0.131. The zero-order valence-electron chi connectivity index (χ0n) is 15.0. The van der Waals surface area contributed by atoms with E-state index in [1.807, 2.05) is 31.2 Å². The monoisotopic (exact) mass is 348 g/mol. The summed E-state index contributed by atoms with van der Waals surface area (Å²) in [5.41, 5.74) is 6.96. The van der Waals surface area contributed by atoms with E-state index in [4.69, 9.17) is 5.11 Å². The Kier molecular flexibility index (Phi) is 5.57. The highest BCUT2D eigenvalue weighted by Crippen LogP contribution is 2.37. The molecule has 0 heterocycles. The summed E-state index contributed by atoms with van der Waals surface area (Å²) >= 11 is 0. The van der Waals surface area contributed by atoms with Gasteiger partial charge in [0.1, 0.15) is 5.75 Å². The van der Waals surface area contributed by atoms with Crippen molar-refractivity contribution in [1.82, 2.24) is 0 Å². The van der Waals surface area contributed by atoms with Crippen LogP contribution >= 0.6 is 0 Å². The first kappa shape index (κ1) is 18.0. The molecule has 0 radical (unpaired) electrons. The molecule has 3 heteroatoms. The number of aliphatic carboxylic acids is 1. The molecule has 3 nitrogen and oxygen atoms in total. The summed E-state index contributed by atoms with van der Waals surface area (Å²) in [6.07, 6.45) is 8.69. The molecule has 134 valence electrons. The van der Waals surface area contributed by atoms with E-state index in [1.165, 1.54) is 30.4 Å². The number of aromatic hydroxyl groups is 1. The molecule has 0 unspecified atom stereocenters. The van der Waals surface area contributed by atoms with E-state index in [1.54, 1.807) is 12.1 Å². The smallest absolute Gasteiger partial charge is 0.328 e. The maximum Gasteiger partial charge on any atom is 0.328 e. The van der Waals surface area contributed by atoms with E-state index in [9.17, 15) is 9.90 Å². The molecule has 0 spiro atoms. The molecule has 3 rings (SSSR count). The molecule has 1 saturated carbocycles. The van der Waals surface area contributed by atoms with Crippen molar-refractivity contribution in [2.75, 3.05) is 0 Å². The summed E-state index contributed by atoms with van der Waals surface area (Å²) in [5, 5.41) is 18.5. The first-order valence-electron chi connectivity index (χ1n) is 9.08. The van der Waals surface area contributed by atoms with Crippen LogP contribution in [0.5, 0.6) is 5.75 Å². The fourth-order valence-electron chi connectivity index (χ4n) is 3.64. The predicted octanol–water partition coefficient (Wildman–Crippen LogP) is 5.56. The molecule has 0 bridgehead atoms. The Morgan fingerprint density at radius 3 is 2.31 bits per heavy atom. The minimum Gasteiger partial charge on any atom is -0.508 e. The number of hydrogen-bond acceptors (Lipinski definition) is 2. The Hall–Kier alpha value is -2.81. The number of carbonyl (C=O) groups is 1. The third kappa shape index (κ3) is 4.23. The lowest BCUT2D eigenvalue weighted by atomic mass is 9.83. The average molecular weight is 348 g/mol. The van der Waals surface area contributed by atoms with Gasteiger partial charge in [-0.3, -0.25) is 0 Å². The Labute approximate surface area is 154 Å². The van der Waals surface area contributed by atoms with Crippen molar-refractivity contribution in [1.29, 1.82) is 0 Å². The second kappa shape index (κ2) is 8.05. The van der Waals surface area contributed by atoms with Gasteiger partial charge in [-0.25, -0.2) is 4.79 Å². The molecule has 0 amide bonds. The number of rotatable bonds is 4. The number of carboxylic acids is 1. The third-order valence-corrected chi connectivity index (χ3v) is 4.91. The fraction of sp³-hybridized carbons (Fsp3) is 0.261. The van der Waals surface area contributed by atoms with Gasteiger partial charge in [0.2, 0.25) is 0 Å². The first-order valence-corrected chi connectivity index (χ1v) is 9.08. The molecule has 26 heavy (non-hydrogen) atoms. The summed E-state index contributed by atoms with van der Waals surface area (Å²) in [6, 6.07) is 13.6. The predicted molar refractivity (Wildman–Crippen MR) is 105 cm³/mol. The van der Waals surface area contributed by atoms with Crippen LogP contribution in [-0.2, 0) is 4.79 Å².